The van der Waals surface area contributed by atoms with Gasteiger partial charge in [-0.3, -0.25) is 0 Å². The van der Waals surface area contributed by atoms with E-state index in [0.29, 0.717) is 6.42 Å². The van der Waals surface area contributed by atoms with Crippen molar-refractivity contribution in [3.63, 3.8) is 0 Å². The van der Waals surface area contributed by atoms with Crippen LogP contribution in [0.25, 0.3) is 0 Å². The van der Waals surface area contributed by atoms with Crippen molar-refractivity contribution in [1.29, 1.82) is 0 Å². The number of unbranched alkanes of at least 4 members (excludes halogenated alkanes) is 3. The van der Waals surface area contributed by atoms with Crippen LogP contribution in [0, 0.1) is 0 Å². The molecule has 0 amide bonds. The predicted octanol–water partition coefficient (Wildman–Crippen LogP) is -0.755. The summed E-state index contributed by atoms with van der Waals surface area (Å²) >= 11 is 0. The molecule has 0 radical (unpaired) electrons. The Hall–Kier alpha value is -0.280. The molecule has 25 heavy (non-hydrogen) atoms. The van der Waals surface area contributed by atoms with E-state index in [2.05, 4.69) is 10.6 Å². The molecule has 0 aromatic rings. The highest BCUT2D eigenvalue weighted by atomic mass is 16.4. The second kappa shape index (κ2) is 10.8. The Kier molecular flexibility index (Phi) is 9.06. The molecule has 0 spiro atoms. The monoisotopic (exact) mass is 369 g/mol. The van der Waals surface area contributed by atoms with E-state index in [1.165, 1.54) is 0 Å². The fourth-order valence-corrected chi connectivity index (χ4v) is 4.04. The van der Waals surface area contributed by atoms with Crippen molar-refractivity contribution < 1.29 is 25.5 Å². The van der Waals surface area contributed by atoms with Crippen molar-refractivity contribution in [3.05, 3.63) is 0 Å². The van der Waals surface area contributed by atoms with Crippen molar-refractivity contribution in [1.82, 2.24) is 10.6 Å². The maximum Gasteiger partial charge on any atom is 0.0989 e. The first-order valence-corrected chi connectivity index (χ1v) is 9.87. The number of nitrogens with one attached hydrogen (secondary N) is 2. The number of piperidine rings is 1. The normalized spacial score (nSPS) is 35.6. The Morgan fingerprint density at radius 1 is 0.920 bits per heavy atom. The first-order valence-electron chi connectivity index (χ1n) is 9.87. The van der Waals surface area contributed by atoms with Crippen LogP contribution in [0.5, 0.6) is 0 Å². The maximum absolute atomic E-state index is 10.2. The molecule has 7 heteroatoms. The number of hydrogen-bond acceptors (Lipinski definition) is 7. The van der Waals surface area contributed by atoms with Crippen LogP contribution in [0.15, 0.2) is 0 Å². The van der Waals surface area contributed by atoms with Crippen LogP contribution in [0.4, 0.5) is 0 Å². The van der Waals surface area contributed by atoms with Crippen LogP contribution in [0.3, 0.4) is 0 Å². The Morgan fingerprint density at radius 2 is 1.64 bits per heavy atom. The van der Waals surface area contributed by atoms with E-state index in [1.807, 2.05) is 0 Å². The molecule has 0 saturated carbocycles. The zero-order valence-corrected chi connectivity index (χ0v) is 15.1. The van der Waals surface area contributed by atoms with Gasteiger partial charge in [-0.1, -0.05) is 32.1 Å². The minimum Gasteiger partial charge on any atom is -0.395 e. The fraction of sp³-hybridized carbons (Fsp3) is 1.00. The lowest BCUT2D eigenvalue weighted by Gasteiger charge is -2.30. The molecule has 0 aromatic heterocycles. The van der Waals surface area contributed by atoms with Gasteiger partial charge in [-0.15, -0.1) is 0 Å². The van der Waals surface area contributed by atoms with Crippen LogP contribution in [-0.2, 0) is 0 Å². The summed E-state index contributed by atoms with van der Waals surface area (Å²) in [5.41, 5.74) is 0. The highest BCUT2D eigenvalue weighted by Crippen LogP contribution is 2.20. The topological polar surface area (TPSA) is 125 Å². The summed E-state index contributed by atoms with van der Waals surface area (Å²) in [6, 6.07) is -0.591. The number of hydrogen-bond donors (Lipinski definition) is 7. The Balaban J connectivity index is 1.53. The van der Waals surface area contributed by atoms with E-state index < -0.39 is 30.5 Å². The average Bonchev–Trinajstić information content (AvgIpc) is 2.92. The summed E-state index contributed by atoms with van der Waals surface area (Å²) in [6.45, 7) is 0.742. The van der Waals surface area contributed by atoms with E-state index >= 15 is 0 Å². The molecule has 2 saturated heterocycles. The molecule has 2 aliphatic rings. The second-order valence-electron chi connectivity index (χ2n) is 7.65. The van der Waals surface area contributed by atoms with Gasteiger partial charge in [0.25, 0.3) is 0 Å². The summed E-state index contributed by atoms with van der Waals surface area (Å²) in [6.07, 6.45) is 5.19. The molecule has 0 bridgehead atoms. The SMILES string of the molecule is O[13CH2][C@H]1N[C@H]([13CH2]C[13CH2]C[13CH2]C[13C@H](O)[C@@H](O)[13CH]2C[13CH2]C[13CH2]N2)[13C@@H](O)[C@@H]1O. The van der Waals surface area contributed by atoms with Gasteiger partial charge in [-0.25, -0.2) is 0 Å². The van der Waals surface area contributed by atoms with Gasteiger partial charge < -0.3 is 36.2 Å². The minimum atomic E-state index is -0.903. The smallest absolute Gasteiger partial charge is 0.0989 e. The molecule has 2 fully saturated rings. The average molecular weight is 369 g/mol. The fourth-order valence-electron chi connectivity index (χ4n) is 4.04. The molecule has 0 aliphatic carbocycles. The van der Waals surface area contributed by atoms with Crippen molar-refractivity contribution in [2.24, 2.45) is 0 Å². The van der Waals surface area contributed by atoms with Gasteiger partial charge in [0.15, 0.2) is 0 Å². The first kappa shape index (κ1) is 21.0. The summed E-state index contributed by atoms with van der Waals surface area (Å²) in [5, 5.41) is 55.5. The summed E-state index contributed by atoms with van der Waals surface area (Å²) in [7, 11) is 0. The lowest BCUT2D eigenvalue weighted by molar-refractivity contribution is -0.0145. The molecule has 1 unspecified atom stereocenters. The number of aliphatic hydroxyl groups is 5. The van der Waals surface area contributed by atoms with Crippen LogP contribution in [0.2, 0.25) is 0 Å². The van der Waals surface area contributed by atoms with Gasteiger partial charge in [0, 0.05) is 12.1 Å². The van der Waals surface area contributed by atoms with E-state index in [1.54, 1.807) is 0 Å². The zero-order chi connectivity index (χ0) is 18.2. The molecule has 7 nitrogen and oxygen atoms in total. The van der Waals surface area contributed by atoms with Gasteiger partial charge in [0.1, 0.15) is 0 Å². The molecule has 148 valence electrons. The predicted molar refractivity (Wildman–Crippen MR) is 95.2 cm³/mol. The molecule has 2 rings (SSSR count). The van der Waals surface area contributed by atoms with Gasteiger partial charge >= 0.3 is 0 Å². The molecular formula is C18H36N2O5. The van der Waals surface area contributed by atoms with Crippen molar-refractivity contribution in [2.75, 3.05) is 13.2 Å². The van der Waals surface area contributed by atoms with E-state index in [4.69, 9.17) is 5.11 Å². The molecular weight excluding hydrogens is 333 g/mol. The van der Waals surface area contributed by atoms with Gasteiger partial charge in [-0.2, -0.15) is 0 Å². The summed E-state index contributed by atoms with van der Waals surface area (Å²) in [5.74, 6) is 0. The van der Waals surface area contributed by atoms with Gasteiger partial charge in [0.05, 0.1) is 37.1 Å². The molecule has 0 aromatic carbocycles. The first-order chi connectivity index (χ1) is 12.0. The second-order valence-corrected chi connectivity index (χ2v) is 7.65. The highest BCUT2D eigenvalue weighted by Gasteiger charge is 2.39. The highest BCUT2D eigenvalue weighted by molar-refractivity contribution is 4.97. The van der Waals surface area contributed by atoms with Crippen LogP contribution in [0.1, 0.15) is 57.8 Å². The molecule has 2 aliphatic heterocycles. The van der Waals surface area contributed by atoms with E-state index in [0.717, 1.165) is 57.9 Å². The number of rotatable bonds is 10. The Morgan fingerprint density at radius 3 is 2.28 bits per heavy atom. The summed E-state index contributed by atoms with van der Waals surface area (Å²) < 4.78 is 0. The van der Waals surface area contributed by atoms with Crippen LogP contribution >= 0.6 is 0 Å². The zero-order valence-electron chi connectivity index (χ0n) is 15.1. The molecule has 7 N–H and O–H groups in total. The number of aliphatic hydroxyl groups excluding tert-OH is 5. The summed E-state index contributed by atoms with van der Waals surface area (Å²) in [4.78, 5) is 0. The van der Waals surface area contributed by atoms with Crippen molar-refractivity contribution in [2.45, 2.75) is 100 Å². The third-order valence-corrected chi connectivity index (χ3v) is 5.72. The lowest BCUT2D eigenvalue weighted by Crippen LogP contribution is -2.48. The Bertz CT molecular complexity index is 367. The quantitative estimate of drug-likeness (QED) is 0.199. The minimum absolute atomic E-state index is 0.0181. The standard InChI is InChI=1S/C18H36N2O5/c21-11-14-18(25)17(24)13(20-14)8-3-1-2-4-9-15(22)16(23)12-7-5-6-10-19-12/h12-25H,1-11H2/t12?,13-,14-,15+,16+,17-,18-/m1/s1/i1+1,4+1,5+1,8+1,10+1,11+1,12+1,15+1,17+1. The third-order valence-electron chi connectivity index (χ3n) is 5.72. The van der Waals surface area contributed by atoms with Crippen LogP contribution in [-0.4, -0.2) is 81.2 Å². The van der Waals surface area contributed by atoms with E-state index in [-0.39, 0.29) is 18.7 Å². The third kappa shape index (κ3) is 6.13. The van der Waals surface area contributed by atoms with Crippen molar-refractivity contribution in [3.8, 4) is 0 Å². The Labute approximate surface area is 150 Å². The van der Waals surface area contributed by atoms with Gasteiger partial charge in [-0.05, 0) is 32.2 Å². The van der Waals surface area contributed by atoms with E-state index in [9.17, 15) is 20.4 Å². The van der Waals surface area contributed by atoms with Crippen molar-refractivity contribution >= 4 is 0 Å². The molecule has 7 atom stereocenters. The van der Waals surface area contributed by atoms with Gasteiger partial charge in [0.2, 0.25) is 0 Å². The van der Waals surface area contributed by atoms with Crippen LogP contribution < -0.4 is 10.6 Å². The largest absolute Gasteiger partial charge is 0.395 e. The molecule has 2 heterocycles. The maximum atomic E-state index is 10.2. The lowest BCUT2D eigenvalue weighted by atomic mass is 10.4.